The summed E-state index contributed by atoms with van der Waals surface area (Å²) < 4.78 is 5.61. The van der Waals surface area contributed by atoms with Crippen molar-refractivity contribution in [2.75, 3.05) is 5.32 Å². The molecular weight excluding hydrogens is 394 g/mol. The van der Waals surface area contributed by atoms with Crippen LogP contribution < -0.4 is 5.32 Å². The number of hydrogen-bond donors (Lipinski definition) is 1. The predicted octanol–water partition coefficient (Wildman–Crippen LogP) is 4.37. The van der Waals surface area contributed by atoms with Crippen molar-refractivity contribution in [2.24, 2.45) is 0 Å². The summed E-state index contributed by atoms with van der Waals surface area (Å²) in [6.07, 6.45) is 3.31. The molecule has 0 spiro atoms. The van der Waals surface area contributed by atoms with Crippen LogP contribution in [0.3, 0.4) is 0 Å². The van der Waals surface area contributed by atoms with Crippen LogP contribution in [0.2, 0.25) is 0 Å². The topological polar surface area (TPSA) is 93.8 Å². The summed E-state index contributed by atoms with van der Waals surface area (Å²) in [7, 11) is 0. The highest BCUT2D eigenvalue weighted by Gasteiger charge is 2.20. The SMILES string of the molecule is C[C@H](Sc1nnc(-c2cccnc2)o1)C(=O)Nc1nc(-c2ccccc2)cs1. The van der Waals surface area contributed by atoms with Gasteiger partial charge in [0, 0.05) is 23.3 Å². The average Bonchev–Trinajstić information content (AvgIpc) is 3.39. The number of nitrogens with zero attached hydrogens (tertiary/aromatic N) is 4. The third kappa shape index (κ3) is 4.26. The van der Waals surface area contributed by atoms with Crippen molar-refractivity contribution in [1.82, 2.24) is 20.2 Å². The number of amides is 1. The van der Waals surface area contributed by atoms with Crippen LogP contribution in [0.15, 0.2) is 69.9 Å². The number of hydrogen-bond acceptors (Lipinski definition) is 8. The van der Waals surface area contributed by atoms with Gasteiger partial charge in [-0.2, -0.15) is 0 Å². The summed E-state index contributed by atoms with van der Waals surface area (Å²) in [5.41, 5.74) is 2.57. The number of carbonyl (C=O) groups excluding carboxylic acids is 1. The first kappa shape index (κ1) is 18.3. The van der Waals surface area contributed by atoms with Gasteiger partial charge in [0.1, 0.15) is 0 Å². The summed E-state index contributed by atoms with van der Waals surface area (Å²) >= 11 is 2.58. The second kappa shape index (κ2) is 8.32. The maximum absolute atomic E-state index is 12.5. The van der Waals surface area contributed by atoms with Gasteiger partial charge in [-0.05, 0) is 19.1 Å². The first-order valence-electron chi connectivity index (χ1n) is 8.41. The molecule has 9 heteroatoms. The van der Waals surface area contributed by atoms with Crippen LogP contribution in [0, 0.1) is 0 Å². The second-order valence-corrected chi connectivity index (χ2v) is 7.92. The van der Waals surface area contributed by atoms with Crippen LogP contribution in [0.25, 0.3) is 22.7 Å². The molecule has 0 aliphatic heterocycles. The Kier molecular flexibility index (Phi) is 5.45. The third-order valence-corrected chi connectivity index (χ3v) is 5.46. The van der Waals surface area contributed by atoms with Gasteiger partial charge in [0.25, 0.3) is 5.22 Å². The van der Waals surface area contributed by atoms with E-state index in [-0.39, 0.29) is 5.91 Å². The molecule has 1 N–H and O–H groups in total. The monoisotopic (exact) mass is 409 g/mol. The van der Waals surface area contributed by atoms with Crippen molar-refractivity contribution in [2.45, 2.75) is 17.4 Å². The Hall–Kier alpha value is -3.04. The molecule has 1 aromatic carbocycles. The fourth-order valence-corrected chi connectivity index (χ4v) is 3.75. The molecule has 0 fully saturated rings. The zero-order valence-electron chi connectivity index (χ0n) is 14.8. The van der Waals surface area contributed by atoms with Crippen molar-refractivity contribution in [1.29, 1.82) is 0 Å². The lowest BCUT2D eigenvalue weighted by Crippen LogP contribution is -2.22. The van der Waals surface area contributed by atoms with E-state index in [1.807, 2.05) is 41.8 Å². The molecule has 3 heterocycles. The van der Waals surface area contributed by atoms with E-state index in [4.69, 9.17) is 4.42 Å². The zero-order chi connectivity index (χ0) is 19.3. The molecule has 7 nitrogen and oxygen atoms in total. The average molecular weight is 409 g/mol. The van der Waals surface area contributed by atoms with Gasteiger partial charge in [-0.15, -0.1) is 21.5 Å². The summed E-state index contributed by atoms with van der Waals surface area (Å²) in [6.45, 7) is 1.78. The molecule has 4 aromatic rings. The van der Waals surface area contributed by atoms with Gasteiger partial charge in [-0.25, -0.2) is 4.98 Å². The maximum atomic E-state index is 12.5. The van der Waals surface area contributed by atoms with Crippen LogP contribution in [0.4, 0.5) is 5.13 Å². The Morgan fingerprint density at radius 3 is 2.75 bits per heavy atom. The highest BCUT2D eigenvalue weighted by Crippen LogP contribution is 2.28. The molecule has 0 saturated carbocycles. The number of rotatable bonds is 6. The lowest BCUT2D eigenvalue weighted by atomic mass is 10.2. The van der Waals surface area contributed by atoms with Crippen LogP contribution in [0.1, 0.15) is 6.92 Å². The molecule has 4 rings (SSSR count). The number of nitrogens with one attached hydrogen (secondary N) is 1. The minimum atomic E-state index is -0.425. The van der Waals surface area contributed by atoms with Gasteiger partial charge in [-0.3, -0.25) is 9.78 Å². The Balaban J connectivity index is 1.38. The van der Waals surface area contributed by atoms with E-state index in [0.29, 0.717) is 16.2 Å². The molecule has 0 radical (unpaired) electrons. The summed E-state index contributed by atoms with van der Waals surface area (Å²) in [5, 5.41) is 13.2. The Labute approximate surface area is 169 Å². The van der Waals surface area contributed by atoms with Gasteiger partial charge in [0.2, 0.25) is 11.8 Å². The highest BCUT2D eigenvalue weighted by atomic mass is 32.2. The lowest BCUT2D eigenvalue weighted by Gasteiger charge is -2.07. The van der Waals surface area contributed by atoms with E-state index in [0.717, 1.165) is 16.8 Å². The minimum Gasteiger partial charge on any atom is -0.411 e. The molecule has 140 valence electrons. The number of thioether (sulfide) groups is 1. The zero-order valence-corrected chi connectivity index (χ0v) is 16.4. The van der Waals surface area contributed by atoms with E-state index in [2.05, 4.69) is 25.5 Å². The molecule has 0 unspecified atom stereocenters. The van der Waals surface area contributed by atoms with E-state index >= 15 is 0 Å². The van der Waals surface area contributed by atoms with E-state index in [9.17, 15) is 4.79 Å². The minimum absolute atomic E-state index is 0.180. The molecule has 3 aromatic heterocycles. The summed E-state index contributed by atoms with van der Waals surface area (Å²) in [6, 6.07) is 13.4. The van der Waals surface area contributed by atoms with Crippen LogP contribution >= 0.6 is 23.1 Å². The van der Waals surface area contributed by atoms with Gasteiger partial charge >= 0.3 is 0 Å². The normalized spacial score (nSPS) is 11.9. The van der Waals surface area contributed by atoms with Crippen molar-refractivity contribution >= 4 is 34.1 Å². The molecule has 28 heavy (non-hydrogen) atoms. The molecule has 1 amide bonds. The summed E-state index contributed by atoms with van der Waals surface area (Å²) in [5.74, 6) is 0.190. The first-order valence-corrected chi connectivity index (χ1v) is 10.2. The predicted molar refractivity (Wildman–Crippen MR) is 109 cm³/mol. The van der Waals surface area contributed by atoms with E-state index in [1.54, 1.807) is 25.4 Å². The van der Waals surface area contributed by atoms with Gasteiger partial charge in [-0.1, -0.05) is 42.1 Å². The maximum Gasteiger partial charge on any atom is 0.277 e. The van der Waals surface area contributed by atoms with Crippen molar-refractivity contribution in [3.05, 3.63) is 60.2 Å². The van der Waals surface area contributed by atoms with Crippen molar-refractivity contribution < 1.29 is 9.21 Å². The Bertz CT molecular complexity index is 1070. The number of pyridine rings is 1. The molecular formula is C19H15N5O2S2. The Morgan fingerprint density at radius 1 is 1.14 bits per heavy atom. The molecule has 0 saturated heterocycles. The number of aromatic nitrogens is 4. The molecule has 0 bridgehead atoms. The standard InChI is InChI=1S/C19H15N5O2S2/c1-12(28-19-24-23-17(26-19)14-8-5-9-20-10-14)16(25)22-18-21-15(11-27-18)13-6-3-2-4-7-13/h2-12H,1H3,(H,21,22,25)/t12-/m0/s1. The smallest absolute Gasteiger partial charge is 0.277 e. The summed E-state index contributed by atoms with van der Waals surface area (Å²) in [4.78, 5) is 21.0. The highest BCUT2D eigenvalue weighted by molar-refractivity contribution is 8.00. The van der Waals surface area contributed by atoms with Crippen molar-refractivity contribution in [3.8, 4) is 22.7 Å². The molecule has 1 atom stereocenters. The number of anilines is 1. The van der Waals surface area contributed by atoms with Crippen LogP contribution in [0.5, 0.6) is 0 Å². The van der Waals surface area contributed by atoms with E-state index in [1.165, 1.54) is 23.1 Å². The number of carbonyl (C=O) groups is 1. The van der Waals surface area contributed by atoms with Crippen molar-refractivity contribution in [3.63, 3.8) is 0 Å². The first-order chi connectivity index (χ1) is 13.7. The lowest BCUT2D eigenvalue weighted by molar-refractivity contribution is -0.115. The molecule has 0 aliphatic carbocycles. The number of benzene rings is 1. The molecule has 0 aliphatic rings. The fraction of sp³-hybridized carbons (Fsp3) is 0.105. The second-order valence-electron chi connectivity index (χ2n) is 5.77. The number of thiazole rings is 1. The fourth-order valence-electron chi connectivity index (χ4n) is 2.35. The third-order valence-electron chi connectivity index (χ3n) is 3.77. The van der Waals surface area contributed by atoms with Gasteiger partial charge in [0.05, 0.1) is 16.5 Å². The van der Waals surface area contributed by atoms with Crippen LogP contribution in [-0.4, -0.2) is 31.3 Å². The Morgan fingerprint density at radius 2 is 1.96 bits per heavy atom. The largest absolute Gasteiger partial charge is 0.411 e. The van der Waals surface area contributed by atoms with Crippen LogP contribution in [-0.2, 0) is 4.79 Å². The van der Waals surface area contributed by atoms with Gasteiger partial charge in [0.15, 0.2) is 5.13 Å². The van der Waals surface area contributed by atoms with E-state index < -0.39 is 5.25 Å². The quantitative estimate of drug-likeness (QED) is 0.472. The van der Waals surface area contributed by atoms with Gasteiger partial charge < -0.3 is 9.73 Å².